The van der Waals surface area contributed by atoms with E-state index in [1.807, 2.05) is 0 Å². The van der Waals surface area contributed by atoms with Crippen molar-refractivity contribution in [3.8, 4) is 5.75 Å². The van der Waals surface area contributed by atoms with E-state index in [-0.39, 0.29) is 22.8 Å². The van der Waals surface area contributed by atoms with Gasteiger partial charge in [0, 0.05) is 6.07 Å². The maximum Gasteiger partial charge on any atom is 0.415 e. The van der Waals surface area contributed by atoms with Crippen LogP contribution in [0.3, 0.4) is 0 Å². The standard InChI is InChI=1S/C19H24ClNO6/c1-19(2,3)27-18(24)21(15-10-11(25-4)6-8-13(15)20)14-9-7-12(16(14)22)17(23)26-5/h6,8,10,14,22H,7,9H2,1-5H3. The van der Waals surface area contributed by atoms with E-state index in [2.05, 4.69) is 0 Å². The summed E-state index contributed by atoms with van der Waals surface area (Å²) in [5.41, 5.74) is -0.313. The number of nitrogens with zero attached hydrogens (tertiary/aromatic N) is 1. The summed E-state index contributed by atoms with van der Waals surface area (Å²) in [6.45, 7) is 5.21. The lowest BCUT2D eigenvalue weighted by molar-refractivity contribution is -0.136. The Morgan fingerprint density at radius 1 is 1.26 bits per heavy atom. The Labute approximate surface area is 163 Å². The number of carbonyl (C=O) groups excluding carboxylic acids is 2. The van der Waals surface area contributed by atoms with Gasteiger partial charge in [-0.05, 0) is 45.7 Å². The van der Waals surface area contributed by atoms with Gasteiger partial charge in [0.05, 0.1) is 36.5 Å². The SMILES string of the molecule is COC(=O)C1=C(O)C(N(C(=O)OC(C)(C)C)c2cc(OC)ccc2Cl)CC1. The zero-order valence-corrected chi connectivity index (χ0v) is 16.8. The Morgan fingerprint density at radius 3 is 2.48 bits per heavy atom. The highest BCUT2D eigenvalue weighted by Gasteiger charge is 2.39. The lowest BCUT2D eigenvalue weighted by atomic mass is 10.1. The first-order chi connectivity index (χ1) is 12.6. The minimum absolute atomic E-state index is 0.134. The lowest BCUT2D eigenvalue weighted by Crippen LogP contribution is -2.44. The maximum absolute atomic E-state index is 12.9. The Bertz CT molecular complexity index is 768. The topological polar surface area (TPSA) is 85.3 Å². The van der Waals surface area contributed by atoms with E-state index in [1.54, 1.807) is 39.0 Å². The number of hydrogen-bond donors (Lipinski definition) is 1. The molecule has 0 spiro atoms. The van der Waals surface area contributed by atoms with Gasteiger partial charge in [0.15, 0.2) is 0 Å². The van der Waals surface area contributed by atoms with Crippen molar-refractivity contribution in [2.45, 2.75) is 45.3 Å². The second kappa shape index (κ2) is 8.08. The third kappa shape index (κ3) is 4.66. The predicted molar refractivity (Wildman–Crippen MR) is 101 cm³/mol. The Morgan fingerprint density at radius 2 is 1.93 bits per heavy atom. The number of carbonyl (C=O) groups is 2. The fourth-order valence-corrected chi connectivity index (χ4v) is 3.05. The molecule has 8 heteroatoms. The Hall–Kier alpha value is -2.41. The first-order valence-electron chi connectivity index (χ1n) is 8.45. The van der Waals surface area contributed by atoms with Crippen LogP contribution in [0.1, 0.15) is 33.6 Å². The van der Waals surface area contributed by atoms with Crippen molar-refractivity contribution in [3.05, 3.63) is 34.6 Å². The summed E-state index contributed by atoms with van der Waals surface area (Å²) in [7, 11) is 2.73. The van der Waals surface area contributed by atoms with Crippen LogP contribution in [-0.4, -0.2) is 43.0 Å². The first kappa shape index (κ1) is 20.9. The minimum atomic E-state index is -0.807. The van der Waals surface area contributed by atoms with Gasteiger partial charge in [-0.25, -0.2) is 9.59 Å². The summed E-state index contributed by atoms with van der Waals surface area (Å²) in [6, 6.07) is 4.02. The van der Waals surface area contributed by atoms with Gasteiger partial charge in [-0.1, -0.05) is 11.6 Å². The van der Waals surface area contributed by atoms with Crippen LogP contribution < -0.4 is 9.64 Å². The van der Waals surface area contributed by atoms with Crippen LogP contribution >= 0.6 is 11.6 Å². The van der Waals surface area contributed by atoms with Crippen LogP contribution in [0.5, 0.6) is 5.75 Å². The van der Waals surface area contributed by atoms with Crippen LogP contribution in [0.25, 0.3) is 0 Å². The number of aliphatic hydroxyl groups excluding tert-OH is 1. The second-order valence-electron chi connectivity index (χ2n) is 7.08. The van der Waals surface area contributed by atoms with Gasteiger partial charge in [-0.3, -0.25) is 4.90 Å². The number of aliphatic hydroxyl groups is 1. The van der Waals surface area contributed by atoms with Crippen molar-refractivity contribution in [1.82, 2.24) is 0 Å². The van der Waals surface area contributed by atoms with Crippen LogP contribution in [0.15, 0.2) is 29.5 Å². The second-order valence-corrected chi connectivity index (χ2v) is 7.48. The van der Waals surface area contributed by atoms with Crippen molar-refractivity contribution < 1.29 is 28.9 Å². The molecule has 0 aliphatic heterocycles. The Kier molecular flexibility index (Phi) is 6.26. The number of rotatable bonds is 4. The van der Waals surface area contributed by atoms with Gasteiger partial charge in [0.25, 0.3) is 0 Å². The number of benzene rings is 1. The molecule has 27 heavy (non-hydrogen) atoms. The third-order valence-electron chi connectivity index (χ3n) is 4.04. The molecule has 0 aromatic heterocycles. The number of anilines is 1. The van der Waals surface area contributed by atoms with Crippen molar-refractivity contribution in [1.29, 1.82) is 0 Å². The van der Waals surface area contributed by atoms with E-state index in [0.29, 0.717) is 17.9 Å². The van der Waals surface area contributed by atoms with Crippen molar-refractivity contribution in [2.75, 3.05) is 19.1 Å². The largest absolute Gasteiger partial charge is 0.510 e. The molecular weight excluding hydrogens is 374 g/mol. The number of amides is 1. The molecule has 0 saturated carbocycles. The van der Waals surface area contributed by atoms with E-state index in [1.165, 1.54) is 19.1 Å². The van der Waals surface area contributed by atoms with Gasteiger partial charge in [0.1, 0.15) is 17.1 Å². The number of halogens is 1. The number of methoxy groups -OCH3 is 2. The number of ether oxygens (including phenoxy) is 3. The summed E-state index contributed by atoms with van der Waals surface area (Å²) in [6.07, 6.45) is -0.104. The maximum atomic E-state index is 12.9. The highest BCUT2D eigenvalue weighted by Crippen LogP contribution is 2.38. The highest BCUT2D eigenvalue weighted by atomic mass is 35.5. The molecule has 1 aliphatic rings. The van der Waals surface area contributed by atoms with Crippen molar-refractivity contribution >= 4 is 29.4 Å². The number of esters is 1. The van der Waals surface area contributed by atoms with E-state index in [0.717, 1.165) is 0 Å². The molecule has 1 aliphatic carbocycles. The highest BCUT2D eigenvalue weighted by molar-refractivity contribution is 6.33. The summed E-state index contributed by atoms with van der Waals surface area (Å²) < 4.78 is 15.4. The molecule has 1 atom stereocenters. The molecular formula is C19H24ClNO6. The molecule has 1 N–H and O–H groups in total. The van der Waals surface area contributed by atoms with Crippen molar-refractivity contribution in [3.63, 3.8) is 0 Å². The lowest BCUT2D eigenvalue weighted by Gasteiger charge is -2.32. The van der Waals surface area contributed by atoms with Gasteiger partial charge in [-0.2, -0.15) is 0 Å². The molecule has 0 saturated heterocycles. The van der Waals surface area contributed by atoms with Crippen molar-refractivity contribution in [2.24, 2.45) is 0 Å². The predicted octanol–water partition coefficient (Wildman–Crippen LogP) is 4.24. The van der Waals surface area contributed by atoms with Crippen LogP contribution in [-0.2, 0) is 14.3 Å². The molecule has 0 bridgehead atoms. The first-order valence-corrected chi connectivity index (χ1v) is 8.83. The molecule has 1 aromatic rings. The van der Waals surface area contributed by atoms with E-state index < -0.39 is 23.7 Å². The molecule has 7 nitrogen and oxygen atoms in total. The van der Waals surface area contributed by atoms with E-state index >= 15 is 0 Å². The normalized spacial score (nSPS) is 16.9. The monoisotopic (exact) mass is 397 g/mol. The molecule has 148 valence electrons. The van der Waals surface area contributed by atoms with Crippen LogP contribution in [0.4, 0.5) is 10.5 Å². The van der Waals surface area contributed by atoms with Gasteiger partial charge >= 0.3 is 12.1 Å². The Balaban J connectivity index is 2.54. The summed E-state index contributed by atoms with van der Waals surface area (Å²) in [5, 5.41) is 10.9. The minimum Gasteiger partial charge on any atom is -0.510 e. The molecule has 1 unspecified atom stereocenters. The molecule has 1 amide bonds. The fraction of sp³-hybridized carbons (Fsp3) is 0.474. The fourth-order valence-electron chi connectivity index (χ4n) is 2.84. The van der Waals surface area contributed by atoms with E-state index in [4.69, 9.17) is 25.8 Å². The third-order valence-corrected chi connectivity index (χ3v) is 4.36. The van der Waals surface area contributed by atoms with Gasteiger partial charge in [-0.15, -0.1) is 0 Å². The molecule has 0 heterocycles. The quantitative estimate of drug-likeness (QED) is 0.765. The smallest absolute Gasteiger partial charge is 0.415 e. The molecule has 0 radical (unpaired) electrons. The molecule has 2 rings (SSSR count). The molecule has 1 aromatic carbocycles. The molecule has 0 fully saturated rings. The summed E-state index contributed by atoms with van der Waals surface area (Å²) in [4.78, 5) is 26.1. The van der Waals surface area contributed by atoms with Gasteiger partial charge < -0.3 is 19.3 Å². The van der Waals surface area contributed by atoms with E-state index in [9.17, 15) is 14.7 Å². The summed E-state index contributed by atoms with van der Waals surface area (Å²) >= 11 is 6.32. The average molecular weight is 398 g/mol. The van der Waals surface area contributed by atoms with Crippen LogP contribution in [0.2, 0.25) is 5.02 Å². The zero-order chi connectivity index (χ0) is 20.4. The van der Waals surface area contributed by atoms with Crippen LogP contribution in [0, 0.1) is 0 Å². The zero-order valence-electron chi connectivity index (χ0n) is 16.0. The summed E-state index contributed by atoms with van der Waals surface area (Å²) in [5.74, 6) is -0.375. The number of hydrogen-bond acceptors (Lipinski definition) is 6. The average Bonchev–Trinajstić information content (AvgIpc) is 2.96. The van der Waals surface area contributed by atoms with Gasteiger partial charge in [0.2, 0.25) is 0 Å².